The predicted octanol–water partition coefficient (Wildman–Crippen LogP) is 4.53. The molecule has 0 heterocycles. The van der Waals surface area contributed by atoms with Gasteiger partial charge < -0.3 is 19.9 Å². The second-order valence-corrected chi connectivity index (χ2v) is 7.74. The van der Waals surface area contributed by atoms with Crippen molar-refractivity contribution in [3.8, 4) is 11.5 Å². The fraction of sp³-hybridized carbons (Fsp3) is 0.417. The second-order valence-electron chi connectivity index (χ2n) is 7.74. The van der Waals surface area contributed by atoms with Crippen molar-refractivity contribution in [1.82, 2.24) is 5.32 Å². The van der Waals surface area contributed by atoms with Crippen LogP contribution >= 0.6 is 0 Å². The van der Waals surface area contributed by atoms with Crippen LogP contribution in [0.4, 0.5) is 0 Å². The van der Waals surface area contributed by atoms with Gasteiger partial charge in [-0.25, -0.2) is 4.79 Å². The molecule has 2 aromatic carbocycles. The van der Waals surface area contributed by atoms with Gasteiger partial charge in [-0.1, -0.05) is 50.1 Å². The standard InChI is InChI=1S/C24H31NO5/c1-5-6-10-20(19-9-7-8-11-21(19)29-4)25-22(26)16-17-12-14-18(15-13-17)30-24(2,3)23(27)28/h7-9,11-15,20H,5-6,10,16H2,1-4H3,(H,25,26)(H,27,28). The van der Waals surface area contributed by atoms with Crippen LogP contribution in [0.1, 0.15) is 57.2 Å². The van der Waals surface area contributed by atoms with Crippen LogP contribution in [0.15, 0.2) is 48.5 Å². The molecule has 6 heteroatoms. The summed E-state index contributed by atoms with van der Waals surface area (Å²) in [5, 5.41) is 12.3. The molecule has 2 N–H and O–H groups in total. The van der Waals surface area contributed by atoms with Crippen molar-refractivity contribution in [2.75, 3.05) is 7.11 Å². The van der Waals surface area contributed by atoms with Crippen LogP contribution < -0.4 is 14.8 Å². The summed E-state index contributed by atoms with van der Waals surface area (Å²) >= 11 is 0. The van der Waals surface area contributed by atoms with Crippen molar-refractivity contribution >= 4 is 11.9 Å². The molecular formula is C24H31NO5. The zero-order valence-electron chi connectivity index (χ0n) is 18.1. The summed E-state index contributed by atoms with van der Waals surface area (Å²) in [5.74, 6) is 0.0878. The monoisotopic (exact) mass is 413 g/mol. The first-order valence-electron chi connectivity index (χ1n) is 10.2. The molecule has 162 valence electrons. The molecule has 0 spiro atoms. The fourth-order valence-corrected chi connectivity index (χ4v) is 3.11. The van der Waals surface area contributed by atoms with Crippen LogP contribution in [0.3, 0.4) is 0 Å². The molecule has 0 aliphatic heterocycles. The minimum atomic E-state index is -1.32. The lowest BCUT2D eigenvalue weighted by molar-refractivity contribution is -0.152. The Hall–Kier alpha value is -3.02. The van der Waals surface area contributed by atoms with Gasteiger partial charge in [-0.15, -0.1) is 0 Å². The summed E-state index contributed by atoms with van der Waals surface area (Å²) in [6, 6.07) is 14.5. The number of carboxylic acids is 1. The van der Waals surface area contributed by atoms with Crippen molar-refractivity contribution in [3.63, 3.8) is 0 Å². The van der Waals surface area contributed by atoms with E-state index in [1.165, 1.54) is 13.8 Å². The number of rotatable bonds is 11. The van der Waals surface area contributed by atoms with Gasteiger partial charge in [0.25, 0.3) is 0 Å². The van der Waals surface area contributed by atoms with Gasteiger partial charge in [0.05, 0.1) is 19.6 Å². The maximum atomic E-state index is 12.7. The van der Waals surface area contributed by atoms with E-state index in [1.54, 1.807) is 31.4 Å². The highest BCUT2D eigenvalue weighted by molar-refractivity contribution is 5.79. The highest BCUT2D eigenvalue weighted by atomic mass is 16.5. The number of hydrogen-bond acceptors (Lipinski definition) is 4. The van der Waals surface area contributed by atoms with E-state index in [9.17, 15) is 9.59 Å². The summed E-state index contributed by atoms with van der Waals surface area (Å²) in [7, 11) is 1.63. The van der Waals surface area contributed by atoms with E-state index in [2.05, 4.69) is 12.2 Å². The third-order valence-electron chi connectivity index (χ3n) is 4.87. The molecule has 0 saturated carbocycles. The Morgan fingerprint density at radius 1 is 1.10 bits per heavy atom. The highest BCUT2D eigenvalue weighted by Crippen LogP contribution is 2.28. The number of methoxy groups -OCH3 is 1. The van der Waals surface area contributed by atoms with Gasteiger partial charge in [-0.3, -0.25) is 4.79 Å². The summed E-state index contributed by atoms with van der Waals surface area (Å²) in [4.78, 5) is 23.9. The summed E-state index contributed by atoms with van der Waals surface area (Å²) in [6.07, 6.45) is 3.09. The summed E-state index contributed by atoms with van der Waals surface area (Å²) in [6.45, 7) is 5.10. The number of benzene rings is 2. The molecule has 0 aliphatic carbocycles. The van der Waals surface area contributed by atoms with E-state index in [0.29, 0.717) is 5.75 Å². The third-order valence-corrected chi connectivity index (χ3v) is 4.87. The Labute approximate surface area is 178 Å². The molecule has 6 nitrogen and oxygen atoms in total. The lowest BCUT2D eigenvalue weighted by Gasteiger charge is -2.22. The topological polar surface area (TPSA) is 84.9 Å². The molecule has 1 unspecified atom stereocenters. The predicted molar refractivity (Wildman–Crippen MR) is 116 cm³/mol. The number of carbonyl (C=O) groups excluding carboxylic acids is 1. The number of para-hydroxylation sites is 1. The van der Waals surface area contributed by atoms with Gasteiger partial charge in [0.1, 0.15) is 11.5 Å². The van der Waals surface area contributed by atoms with E-state index in [1.807, 2.05) is 24.3 Å². The molecule has 0 saturated heterocycles. The van der Waals surface area contributed by atoms with Crippen molar-refractivity contribution in [2.24, 2.45) is 0 Å². The van der Waals surface area contributed by atoms with Crippen molar-refractivity contribution in [2.45, 2.75) is 58.1 Å². The Morgan fingerprint density at radius 2 is 1.77 bits per heavy atom. The van der Waals surface area contributed by atoms with Crippen LogP contribution in [-0.4, -0.2) is 29.7 Å². The Bertz CT molecular complexity index is 845. The molecule has 1 amide bonds. The van der Waals surface area contributed by atoms with E-state index in [0.717, 1.165) is 36.1 Å². The van der Waals surface area contributed by atoms with Gasteiger partial charge in [0.15, 0.2) is 5.60 Å². The molecule has 0 radical (unpaired) electrons. The lowest BCUT2D eigenvalue weighted by atomic mass is 9.99. The quantitative estimate of drug-likeness (QED) is 0.565. The number of nitrogens with one attached hydrogen (secondary N) is 1. The minimum Gasteiger partial charge on any atom is -0.496 e. The molecule has 30 heavy (non-hydrogen) atoms. The summed E-state index contributed by atoms with van der Waals surface area (Å²) in [5.41, 5.74) is 0.476. The number of amides is 1. The number of carbonyl (C=O) groups is 2. The van der Waals surface area contributed by atoms with Gasteiger partial charge in [0, 0.05) is 5.56 Å². The Kier molecular flexibility index (Phi) is 8.27. The van der Waals surface area contributed by atoms with Gasteiger partial charge >= 0.3 is 5.97 Å². The van der Waals surface area contributed by atoms with Crippen LogP contribution in [0.25, 0.3) is 0 Å². The van der Waals surface area contributed by atoms with Crippen molar-refractivity contribution in [3.05, 3.63) is 59.7 Å². The zero-order chi connectivity index (χ0) is 22.1. The zero-order valence-corrected chi connectivity index (χ0v) is 18.1. The molecule has 2 aromatic rings. The SMILES string of the molecule is CCCCC(NC(=O)Cc1ccc(OC(C)(C)C(=O)O)cc1)c1ccccc1OC. The summed E-state index contributed by atoms with van der Waals surface area (Å²) < 4.78 is 11.0. The first-order chi connectivity index (χ1) is 14.3. The molecule has 0 bridgehead atoms. The van der Waals surface area contributed by atoms with Crippen molar-refractivity contribution < 1.29 is 24.2 Å². The van der Waals surface area contributed by atoms with E-state index < -0.39 is 11.6 Å². The molecule has 0 aromatic heterocycles. The fourth-order valence-electron chi connectivity index (χ4n) is 3.11. The number of ether oxygens (including phenoxy) is 2. The number of unbranched alkanes of at least 4 members (excludes halogenated alkanes) is 1. The van der Waals surface area contributed by atoms with Crippen LogP contribution in [0.2, 0.25) is 0 Å². The maximum Gasteiger partial charge on any atom is 0.347 e. The lowest BCUT2D eigenvalue weighted by Crippen LogP contribution is -2.37. The maximum absolute atomic E-state index is 12.7. The number of hydrogen-bond donors (Lipinski definition) is 2. The van der Waals surface area contributed by atoms with Crippen LogP contribution in [0, 0.1) is 0 Å². The van der Waals surface area contributed by atoms with Crippen LogP contribution in [0.5, 0.6) is 11.5 Å². The number of carboxylic acid groups (broad SMARTS) is 1. The molecule has 0 aliphatic rings. The molecule has 0 fully saturated rings. The van der Waals surface area contributed by atoms with E-state index in [-0.39, 0.29) is 18.4 Å². The molecular weight excluding hydrogens is 382 g/mol. The van der Waals surface area contributed by atoms with Gasteiger partial charge in [-0.2, -0.15) is 0 Å². The van der Waals surface area contributed by atoms with Gasteiger partial charge in [-0.05, 0) is 44.0 Å². The largest absolute Gasteiger partial charge is 0.496 e. The average molecular weight is 414 g/mol. The van der Waals surface area contributed by atoms with Crippen molar-refractivity contribution in [1.29, 1.82) is 0 Å². The highest BCUT2D eigenvalue weighted by Gasteiger charge is 2.29. The van der Waals surface area contributed by atoms with Crippen LogP contribution in [-0.2, 0) is 16.0 Å². The van der Waals surface area contributed by atoms with Gasteiger partial charge in [0.2, 0.25) is 5.91 Å². The molecule has 1 atom stereocenters. The van der Waals surface area contributed by atoms with E-state index >= 15 is 0 Å². The Balaban J connectivity index is 2.05. The first-order valence-corrected chi connectivity index (χ1v) is 10.2. The molecule has 2 rings (SSSR count). The Morgan fingerprint density at radius 3 is 2.37 bits per heavy atom. The first kappa shape index (κ1) is 23.3. The average Bonchev–Trinajstić information content (AvgIpc) is 2.72. The number of aliphatic carboxylic acids is 1. The third kappa shape index (κ3) is 6.51. The minimum absolute atomic E-state index is 0.0819. The smallest absolute Gasteiger partial charge is 0.347 e. The second kappa shape index (κ2) is 10.7. The van der Waals surface area contributed by atoms with E-state index in [4.69, 9.17) is 14.6 Å². The normalized spacial score (nSPS) is 12.1.